The summed E-state index contributed by atoms with van der Waals surface area (Å²) in [5.74, 6) is -4.19. The number of hydrogen-bond donors (Lipinski definition) is 1. The van der Waals surface area contributed by atoms with E-state index in [1.165, 1.54) is 4.57 Å². The van der Waals surface area contributed by atoms with E-state index in [2.05, 4.69) is 0 Å². The van der Waals surface area contributed by atoms with Gasteiger partial charge in [-0.25, -0.2) is 9.18 Å². The Labute approximate surface area is 127 Å². The highest BCUT2D eigenvalue weighted by atomic mass is 19.2. The van der Waals surface area contributed by atoms with Crippen molar-refractivity contribution in [3.8, 4) is 5.75 Å². The molecule has 1 aromatic heterocycles. The number of carboxylic acids is 1. The molecule has 1 aliphatic rings. The highest BCUT2D eigenvalue weighted by molar-refractivity contribution is 6.15. The van der Waals surface area contributed by atoms with Gasteiger partial charge in [-0.1, -0.05) is 0 Å². The van der Waals surface area contributed by atoms with Crippen LogP contribution in [0.25, 0.3) is 10.9 Å². The molecule has 2 heterocycles. The number of benzene rings is 1. The zero-order valence-electron chi connectivity index (χ0n) is 11.8. The predicted octanol–water partition coefficient (Wildman–Crippen LogP) is 2.12. The van der Waals surface area contributed by atoms with Crippen molar-refractivity contribution >= 4 is 24.7 Å². The number of ether oxygens (including phenoxy) is 1. The Morgan fingerprint density at radius 3 is 2.61 bits per heavy atom. The van der Waals surface area contributed by atoms with Crippen LogP contribution in [0.5, 0.6) is 5.75 Å². The molecule has 0 unspecified atom stereocenters. The number of pyridine rings is 1. The maximum atomic E-state index is 13.7. The molecule has 3 rings (SSSR count). The predicted molar refractivity (Wildman–Crippen MR) is 74.7 cm³/mol. The number of aromatic carboxylic acids is 1. The summed E-state index contributed by atoms with van der Waals surface area (Å²) in [7, 11) is -1.75. The van der Waals surface area contributed by atoms with Crippen LogP contribution < -0.4 is 10.2 Å². The summed E-state index contributed by atoms with van der Waals surface area (Å²) < 4.78 is 53.1. The number of rotatable bonds is 1. The minimum atomic E-state index is -1.75. The molecule has 0 saturated carbocycles. The molecule has 0 spiro atoms. The molecule has 0 aliphatic carbocycles. The van der Waals surface area contributed by atoms with Crippen LogP contribution in [-0.4, -0.2) is 30.1 Å². The Hall–Kier alpha value is -2.52. The van der Waals surface area contributed by atoms with E-state index in [1.54, 1.807) is 6.92 Å². The Morgan fingerprint density at radius 1 is 1.43 bits per heavy atom. The molecule has 5 nitrogen and oxygen atoms in total. The maximum Gasteiger partial charge on any atom is 0.521 e. The molecule has 0 amide bonds. The van der Waals surface area contributed by atoms with Crippen LogP contribution >= 0.6 is 0 Å². The van der Waals surface area contributed by atoms with E-state index in [4.69, 9.17) is 9.84 Å². The zero-order chi connectivity index (χ0) is 17.3. The number of carboxylic acid groups (broad SMARTS) is 1. The van der Waals surface area contributed by atoms with Crippen LogP contribution in [-0.2, 0) is 0 Å². The first-order valence-electron chi connectivity index (χ1n) is 6.38. The third-order valence-electron chi connectivity index (χ3n) is 3.34. The lowest BCUT2D eigenvalue weighted by Gasteiger charge is -2.27. The van der Waals surface area contributed by atoms with Gasteiger partial charge in [-0.05, 0) is 13.0 Å². The molecule has 1 aliphatic heterocycles. The van der Waals surface area contributed by atoms with Crippen LogP contribution in [0.15, 0.2) is 17.1 Å². The highest BCUT2D eigenvalue weighted by Gasteiger charge is 2.27. The second-order valence-corrected chi connectivity index (χ2v) is 4.74. The van der Waals surface area contributed by atoms with Crippen LogP contribution in [0.3, 0.4) is 0 Å². The van der Waals surface area contributed by atoms with E-state index >= 15 is 0 Å². The van der Waals surface area contributed by atoms with Gasteiger partial charge in [0.25, 0.3) is 0 Å². The van der Waals surface area contributed by atoms with Crippen LogP contribution in [0.4, 0.5) is 17.4 Å². The summed E-state index contributed by atoms with van der Waals surface area (Å²) in [5.41, 5.74) is -1.26. The van der Waals surface area contributed by atoms with Crippen molar-refractivity contribution in [1.29, 1.82) is 0 Å². The Morgan fingerprint density at radius 2 is 2.04 bits per heavy atom. The minimum Gasteiger partial charge on any atom is -0.486 e. The number of halogens is 4. The molecule has 0 saturated heterocycles. The van der Waals surface area contributed by atoms with E-state index in [0.717, 1.165) is 6.20 Å². The summed E-state index contributed by atoms with van der Waals surface area (Å²) in [6.45, 7) is 1.78. The van der Waals surface area contributed by atoms with Crippen molar-refractivity contribution in [2.75, 3.05) is 6.61 Å². The lowest BCUT2D eigenvalue weighted by Crippen LogP contribution is -2.27. The second-order valence-electron chi connectivity index (χ2n) is 4.74. The molecule has 2 aromatic rings. The first-order chi connectivity index (χ1) is 10.8. The van der Waals surface area contributed by atoms with Gasteiger partial charge < -0.3 is 14.4 Å². The molecular weight excluding hydrogens is 321 g/mol. The zero-order valence-corrected chi connectivity index (χ0v) is 11.8. The molecule has 122 valence electrons. The third-order valence-corrected chi connectivity index (χ3v) is 3.34. The highest BCUT2D eigenvalue weighted by Crippen LogP contribution is 2.35. The summed E-state index contributed by atoms with van der Waals surface area (Å²) in [4.78, 5) is 23.1. The van der Waals surface area contributed by atoms with Crippen molar-refractivity contribution in [3.05, 3.63) is 39.7 Å². The van der Waals surface area contributed by atoms with E-state index in [1.807, 2.05) is 0 Å². The molecule has 1 atom stereocenters. The maximum absolute atomic E-state index is 13.7. The molecule has 0 radical (unpaired) electrons. The van der Waals surface area contributed by atoms with Gasteiger partial charge in [-0.15, -0.1) is 0 Å². The van der Waals surface area contributed by atoms with E-state index in [9.17, 15) is 27.0 Å². The minimum absolute atomic E-state index is 0.0599. The Kier molecular flexibility index (Phi) is 4.62. The third kappa shape index (κ3) is 2.76. The van der Waals surface area contributed by atoms with Gasteiger partial charge in [0.2, 0.25) is 11.2 Å². The number of hydrogen-bond acceptors (Lipinski definition) is 3. The quantitative estimate of drug-likeness (QED) is 0.642. The van der Waals surface area contributed by atoms with E-state index in [0.29, 0.717) is 6.07 Å². The molecule has 1 aromatic carbocycles. The van der Waals surface area contributed by atoms with E-state index in [-0.39, 0.29) is 29.3 Å². The summed E-state index contributed by atoms with van der Waals surface area (Å²) >= 11 is 0. The van der Waals surface area contributed by atoms with Gasteiger partial charge in [0.15, 0.2) is 11.6 Å². The standard InChI is InChI=1S/C13H9F2NO4.BF2H/c1-5-4-20-12-9(15)8(14)2-6-10(12)16(5)3-7(11(6)17)13(18)19;2-1-3/h2-3,5H,4H2,1H3,(H,18,19);1H/t5-;/m0./s1. The Bertz CT molecular complexity index is 839. The fourth-order valence-electron chi connectivity index (χ4n) is 2.35. The molecule has 23 heavy (non-hydrogen) atoms. The van der Waals surface area contributed by atoms with Crippen LogP contribution in [0.2, 0.25) is 0 Å². The summed E-state index contributed by atoms with van der Waals surface area (Å²) in [6.07, 6.45) is 1.14. The van der Waals surface area contributed by atoms with Crippen molar-refractivity contribution in [2.45, 2.75) is 13.0 Å². The summed E-state index contributed by atoms with van der Waals surface area (Å²) in [5, 5.41) is 8.83. The lowest BCUT2D eigenvalue weighted by atomic mass is 10.1. The molecule has 0 bridgehead atoms. The van der Waals surface area contributed by atoms with Gasteiger partial charge in [-0.3, -0.25) is 13.4 Å². The second kappa shape index (κ2) is 6.31. The molecule has 10 heteroatoms. The molecule has 1 N–H and O–H groups in total. The van der Waals surface area contributed by atoms with E-state index < -0.39 is 36.4 Å². The lowest BCUT2D eigenvalue weighted by molar-refractivity contribution is 0.0694. The SMILES string of the molecule is C[C@H]1COc2c(F)c(F)cc3c(=O)c(C(=O)O)cn1c23.FBF. The largest absolute Gasteiger partial charge is 0.521 e. The number of carbonyl (C=O) groups is 1. The van der Waals surface area contributed by atoms with Gasteiger partial charge in [-0.2, -0.15) is 4.39 Å². The van der Waals surface area contributed by atoms with Crippen molar-refractivity contribution in [1.82, 2.24) is 4.57 Å². The molecular formula is C13H10BF4NO4. The average molecular weight is 331 g/mol. The molecule has 0 fully saturated rings. The summed E-state index contributed by atoms with van der Waals surface area (Å²) in [6, 6.07) is 0.412. The van der Waals surface area contributed by atoms with Gasteiger partial charge in [0.05, 0.1) is 16.9 Å². The number of nitrogens with zero attached hydrogens (tertiary/aromatic N) is 1. The monoisotopic (exact) mass is 331 g/mol. The first kappa shape index (κ1) is 16.8. The smallest absolute Gasteiger partial charge is 0.486 e. The number of aromatic nitrogens is 1. The fourth-order valence-corrected chi connectivity index (χ4v) is 2.35. The Balaban J connectivity index is 0.000000595. The first-order valence-corrected chi connectivity index (χ1v) is 6.38. The average Bonchev–Trinajstić information content (AvgIpc) is 2.49. The van der Waals surface area contributed by atoms with Crippen LogP contribution in [0.1, 0.15) is 23.3 Å². The van der Waals surface area contributed by atoms with Crippen molar-refractivity contribution < 1.29 is 32.1 Å². The normalized spacial score (nSPS) is 15.4. The van der Waals surface area contributed by atoms with Gasteiger partial charge >= 0.3 is 13.8 Å². The van der Waals surface area contributed by atoms with Crippen molar-refractivity contribution in [2.24, 2.45) is 0 Å². The van der Waals surface area contributed by atoms with Gasteiger partial charge in [0, 0.05) is 6.20 Å². The van der Waals surface area contributed by atoms with Crippen molar-refractivity contribution in [3.63, 3.8) is 0 Å². The fraction of sp³-hybridized carbons (Fsp3) is 0.231. The van der Waals surface area contributed by atoms with Crippen LogP contribution in [0, 0.1) is 11.6 Å². The topological polar surface area (TPSA) is 68.5 Å². The van der Waals surface area contributed by atoms with Gasteiger partial charge in [0.1, 0.15) is 12.2 Å².